The van der Waals surface area contributed by atoms with Gasteiger partial charge in [0.25, 0.3) is 5.91 Å². The van der Waals surface area contributed by atoms with Crippen LogP contribution < -0.4 is 20.9 Å². The Hall–Kier alpha value is -2.67. The number of hydrazine groups is 1. The minimum Gasteiger partial charge on any atom is -0.481 e. The van der Waals surface area contributed by atoms with Gasteiger partial charge >= 0.3 is 0 Å². The zero-order chi connectivity index (χ0) is 19.3. The Morgan fingerprint density at radius 2 is 1.85 bits per heavy atom. The number of thiocarbonyl (C=S) groups is 1. The molecule has 26 heavy (non-hydrogen) atoms. The SMILES string of the molecule is Cc1ccc(NC(=S)NNC(=O)[C@@H](C)Oc2cccc(C)c2C)cc1F. The van der Waals surface area contributed by atoms with Crippen molar-refractivity contribution in [1.29, 1.82) is 0 Å². The van der Waals surface area contributed by atoms with Gasteiger partial charge < -0.3 is 10.1 Å². The lowest BCUT2D eigenvalue weighted by atomic mass is 10.1. The molecule has 0 aromatic heterocycles. The predicted octanol–water partition coefficient (Wildman–Crippen LogP) is 3.54. The van der Waals surface area contributed by atoms with Crippen LogP contribution >= 0.6 is 12.2 Å². The van der Waals surface area contributed by atoms with E-state index in [1.165, 1.54) is 6.07 Å². The Labute approximate surface area is 157 Å². The first-order valence-corrected chi connectivity index (χ1v) is 8.54. The molecule has 0 unspecified atom stereocenters. The van der Waals surface area contributed by atoms with E-state index in [0.29, 0.717) is 17.0 Å². The number of aryl methyl sites for hydroxylation is 2. The van der Waals surface area contributed by atoms with Crippen LogP contribution in [-0.4, -0.2) is 17.1 Å². The van der Waals surface area contributed by atoms with E-state index < -0.39 is 6.10 Å². The first-order chi connectivity index (χ1) is 12.3. The molecule has 0 fully saturated rings. The van der Waals surface area contributed by atoms with Crippen molar-refractivity contribution in [2.75, 3.05) is 5.32 Å². The number of carbonyl (C=O) groups excluding carboxylic acids is 1. The summed E-state index contributed by atoms with van der Waals surface area (Å²) in [6.45, 7) is 7.23. The van der Waals surface area contributed by atoms with Gasteiger partial charge in [-0.05, 0) is 74.8 Å². The van der Waals surface area contributed by atoms with Crippen LogP contribution in [0, 0.1) is 26.6 Å². The monoisotopic (exact) mass is 375 g/mol. The third kappa shape index (κ3) is 5.16. The summed E-state index contributed by atoms with van der Waals surface area (Å²) in [4.78, 5) is 12.2. The van der Waals surface area contributed by atoms with E-state index in [2.05, 4.69) is 16.2 Å². The smallest absolute Gasteiger partial charge is 0.279 e. The van der Waals surface area contributed by atoms with Crippen molar-refractivity contribution < 1.29 is 13.9 Å². The summed E-state index contributed by atoms with van der Waals surface area (Å²) in [6, 6.07) is 10.3. The van der Waals surface area contributed by atoms with Crippen molar-refractivity contribution in [3.05, 3.63) is 58.9 Å². The summed E-state index contributed by atoms with van der Waals surface area (Å²) in [5.41, 5.74) is 8.15. The summed E-state index contributed by atoms with van der Waals surface area (Å²) in [6.07, 6.45) is -0.720. The molecule has 138 valence electrons. The highest BCUT2D eigenvalue weighted by atomic mass is 32.1. The molecule has 0 bridgehead atoms. The zero-order valence-corrected chi connectivity index (χ0v) is 16.0. The van der Waals surface area contributed by atoms with Gasteiger partial charge in [-0.2, -0.15) is 0 Å². The minimum atomic E-state index is -0.720. The van der Waals surface area contributed by atoms with Gasteiger partial charge in [0.1, 0.15) is 11.6 Å². The van der Waals surface area contributed by atoms with E-state index in [9.17, 15) is 9.18 Å². The molecule has 2 aromatic carbocycles. The van der Waals surface area contributed by atoms with E-state index >= 15 is 0 Å². The highest BCUT2D eigenvalue weighted by molar-refractivity contribution is 7.80. The number of benzene rings is 2. The minimum absolute atomic E-state index is 0.139. The van der Waals surface area contributed by atoms with Crippen molar-refractivity contribution in [1.82, 2.24) is 10.9 Å². The van der Waals surface area contributed by atoms with Crippen LogP contribution in [-0.2, 0) is 4.79 Å². The molecule has 0 aliphatic rings. The number of rotatable bonds is 4. The Morgan fingerprint density at radius 1 is 1.12 bits per heavy atom. The third-order valence-electron chi connectivity index (χ3n) is 3.96. The van der Waals surface area contributed by atoms with Crippen LogP contribution in [0.4, 0.5) is 10.1 Å². The Kier molecular flexibility index (Phi) is 6.52. The highest BCUT2D eigenvalue weighted by Crippen LogP contribution is 2.21. The van der Waals surface area contributed by atoms with Gasteiger partial charge in [-0.3, -0.25) is 15.6 Å². The van der Waals surface area contributed by atoms with Gasteiger partial charge in [0.2, 0.25) is 0 Å². The molecule has 1 atom stereocenters. The normalized spacial score (nSPS) is 11.4. The van der Waals surface area contributed by atoms with Crippen molar-refractivity contribution in [3.63, 3.8) is 0 Å². The molecule has 3 N–H and O–H groups in total. The number of ether oxygens (including phenoxy) is 1. The van der Waals surface area contributed by atoms with Crippen molar-refractivity contribution in [2.45, 2.75) is 33.8 Å². The first kappa shape index (κ1) is 19.7. The largest absolute Gasteiger partial charge is 0.481 e. The van der Waals surface area contributed by atoms with E-state index in [0.717, 1.165) is 11.1 Å². The maximum absolute atomic E-state index is 13.5. The van der Waals surface area contributed by atoms with Gasteiger partial charge in [-0.25, -0.2) is 4.39 Å². The lowest BCUT2D eigenvalue weighted by molar-refractivity contribution is -0.127. The molecule has 0 aliphatic carbocycles. The Morgan fingerprint density at radius 3 is 2.54 bits per heavy atom. The lowest BCUT2D eigenvalue weighted by Crippen LogP contribution is -2.48. The number of halogens is 1. The number of hydrogen-bond donors (Lipinski definition) is 3. The number of nitrogens with one attached hydrogen (secondary N) is 3. The van der Waals surface area contributed by atoms with Crippen molar-refractivity contribution in [3.8, 4) is 5.75 Å². The predicted molar refractivity (Wildman–Crippen MR) is 105 cm³/mol. The lowest BCUT2D eigenvalue weighted by Gasteiger charge is -2.18. The molecule has 0 aliphatic heterocycles. The average Bonchev–Trinajstić information content (AvgIpc) is 2.60. The second-order valence-corrected chi connectivity index (χ2v) is 6.40. The third-order valence-corrected chi connectivity index (χ3v) is 4.16. The van der Waals surface area contributed by atoms with Crippen LogP contribution in [0.15, 0.2) is 36.4 Å². The summed E-state index contributed by atoms with van der Waals surface area (Å²) in [5.74, 6) is -0.0639. The van der Waals surface area contributed by atoms with Crippen LogP contribution in [0.25, 0.3) is 0 Å². The Balaban J connectivity index is 1.85. The maximum atomic E-state index is 13.5. The molecule has 5 nitrogen and oxygen atoms in total. The number of anilines is 1. The molecule has 7 heteroatoms. The topological polar surface area (TPSA) is 62.4 Å². The molecule has 0 saturated carbocycles. The van der Waals surface area contributed by atoms with E-state index in [-0.39, 0.29) is 16.8 Å². The van der Waals surface area contributed by atoms with E-state index in [4.69, 9.17) is 17.0 Å². The zero-order valence-electron chi connectivity index (χ0n) is 15.1. The molecule has 0 saturated heterocycles. The van der Waals surface area contributed by atoms with Gasteiger partial charge in [-0.1, -0.05) is 18.2 Å². The second-order valence-electron chi connectivity index (χ2n) is 5.99. The molecule has 2 aromatic rings. The van der Waals surface area contributed by atoms with Gasteiger partial charge in [0.15, 0.2) is 11.2 Å². The first-order valence-electron chi connectivity index (χ1n) is 8.14. The van der Waals surface area contributed by atoms with Gasteiger partial charge in [0, 0.05) is 5.69 Å². The number of amides is 1. The Bertz CT molecular complexity index is 826. The fourth-order valence-corrected chi connectivity index (χ4v) is 2.32. The molecule has 0 radical (unpaired) electrons. The molecular weight excluding hydrogens is 353 g/mol. The summed E-state index contributed by atoms with van der Waals surface area (Å²) < 4.78 is 19.2. The van der Waals surface area contributed by atoms with Crippen molar-refractivity contribution in [2.24, 2.45) is 0 Å². The average molecular weight is 375 g/mol. The summed E-state index contributed by atoms with van der Waals surface area (Å²) >= 11 is 5.08. The fraction of sp³-hybridized carbons (Fsp3) is 0.263. The molecule has 1 amide bonds. The van der Waals surface area contributed by atoms with E-state index in [1.807, 2.05) is 32.0 Å². The number of hydrogen-bond acceptors (Lipinski definition) is 3. The molecule has 2 rings (SSSR count). The van der Waals surface area contributed by atoms with Gasteiger partial charge in [-0.15, -0.1) is 0 Å². The molecule has 0 heterocycles. The quantitative estimate of drug-likeness (QED) is 0.564. The fourth-order valence-electron chi connectivity index (χ4n) is 2.15. The van der Waals surface area contributed by atoms with Crippen LogP contribution in [0.5, 0.6) is 5.75 Å². The highest BCUT2D eigenvalue weighted by Gasteiger charge is 2.16. The maximum Gasteiger partial charge on any atom is 0.279 e. The van der Waals surface area contributed by atoms with Crippen molar-refractivity contribution >= 4 is 28.9 Å². The van der Waals surface area contributed by atoms with Crippen LogP contribution in [0.2, 0.25) is 0 Å². The van der Waals surface area contributed by atoms with E-state index in [1.54, 1.807) is 26.0 Å². The van der Waals surface area contributed by atoms with Crippen LogP contribution in [0.1, 0.15) is 23.6 Å². The summed E-state index contributed by atoms with van der Waals surface area (Å²) in [5, 5.41) is 2.93. The molecule has 0 spiro atoms. The van der Waals surface area contributed by atoms with Gasteiger partial charge in [0.05, 0.1) is 0 Å². The standard InChI is InChI=1S/C19H22FN3O2S/c1-11-6-5-7-17(13(11)3)25-14(4)18(24)22-23-19(26)21-15-9-8-12(2)16(20)10-15/h5-10,14H,1-4H3,(H,22,24)(H2,21,23,26)/t14-/m1/s1. The second kappa shape index (κ2) is 8.62. The summed E-state index contributed by atoms with van der Waals surface area (Å²) in [7, 11) is 0. The van der Waals surface area contributed by atoms with Crippen LogP contribution in [0.3, 0.4) is 0 Å². The molecular formula is C19H22FN3O2S. The number of carbonyl (C=O) groups is 1.